The second-order valence-electron chi connectivity index (χ2n) is 3.10. The van der Waals surface area contributed by atoms with E-state index in [1.54, 1.807) is 0 Å². The van der Waals surface area contributed by atoms with E-state index in [-0.39, 0.29) is 6.10 Å². The number of aliphatic hydroxyl groups is 1. The van der Waals surface area contributed by atoms with E-state index in [0.717, 1.165) is 13.1 Å². The van der Waals surface area contributed by atoms with Crippen LogP contribution < -0.4 is 5.32 Å². The third-order valence-corrected chi connectivity index (χ3v) is 2.30. The second-order valence-corrected chi connectivity index (χ2v) is 3.10. The van der Waals surface area contributed by atoms with Gasteiger partial charge >= 0.3 is 0 Å². The molecule has 0 aromatic rings. The summed E-state index contributed by atoms with van der Waals surface area (Å²) in [5.74, 6) is 0.559. The van der Waals surface area contributed by atoms with Crippen molar-refractivity contribution in [1.82, 2.24) is 5.32 Å². The number of nitrogens with one attached hydrogen (secondary N) is 1. The minimum atomic E-state index is -0.454. The fourth-order valence-corrected chi connectivity index (χ4v) is 1.62. The van der Waals surface area contributed by atoms with E-state index >= 15 is 0 Å². The molecule has 2 aliphatic heterocycles. The summed E-state index contributed by atoms with van der Waals surface area (Å²) in [5.41, 5.74) is 0. The lowest BCUT2D eigenvalue weighted by Gasteiger charge is -2.20. The van der Waals surface area contributed by atoms with Crippen molar-refractivity contribution in [2.45, 2.75) is 25.2 Å². The first-order chi connectivity index (χ1) is 4.88. The van der Waals surface area contributed by atoms with Crippen LogP contribution in [0.15, 0.2) is 0 Å². The van der Waals surface area contributed by atoms with E-state index < -0.39 is 6.29 Å². The van der Waals surface area contributed by atoms with Crippen LogP contribution >= 0.6 is 0 Å². The van der Waals surface area contributed by atoms with Crippen molar-refractivity contribution in [3.8, 4) is 0 Å². The lowest BCUT2D eigenvalue weighted by atomic mass is 9.96. The topological polar surface area (TPSA) is 44.8 Å². The smallest absolute Gasteiger partial charge is 0.182 e. The zero-order chi connectivity index (χ0) is 6.97. The summed E-state index contributed by atoms with van der Waals surface area (Å²) in [4.78, 5) is 0. The lowest BCUT2D eigenvalue weighted by Crippen LogP contribution is -2.33. The molecule has 3 nitrogen and oxygen atoms in total. The fourth-order valence-electron chi connectivity index (χ4n) is 1.62. The van der Waals surface area contributed by atoms with Crippen LogP contribution in [0.2, 0.25) is 0 Å². The quantitative estimate of drug-likeness (QED) is 0.495. The Kier molecular flexibility index (Phi) is 1.64. The van der Waals surface area contributed by atoms with Crippen molar-refractivity contribution in [3.05, 3.63) is 0 Å². The van der Waals surface area contributed by atoms with Crippen LogP contribution in [0.3, 0.4) is 0 Å². The standard InChI is InChI=1S/C7H13NO2/c9-7-6(10-7)5-2-1-3-8-4-5/h5-9H,1-4H2. The van der Waals surface area contributed by atoms with Gasteiger partial charge in [-0.15, -0.1) is 0 Å². The molecular formula is C7H13NO2. The van der Waals surface area contributed by atoms with Gasteiger partial charge in [0.1, 0.15) is 6.10 Å². The van der Waals surface area contributed by atoms with E-state index in [2.05, 4.69) is 5.32 Å². The Labute approximate surface area is 60.4 Å². The maximum atomic E-state index is 8.93. The Bertz CT molecular complexity index is 123. The average Bonchev–Trinajstić information content (AvgIpc) is 2.69. The van der Waals surface area contributed by atoms with Crippen LogP contribution in [-0.4, -0.2) is 30.6 Å². The van der Waals surface area contributed by atoms with E-state index in [1.807, 2.05) is 0 Å². The molecule has 0 aliphatic carbocycles. The zero-order valence-electron chi connectivity index (χ0n) is 5.92. The van der Waals surface area contributed by atoms with Gasteiger partial charge in [-0.2, -0.15) is 0 Å². The van der Waals surface area contributed by atoms with Crippen LogP contribution in [0.1, 0.15) is 12.8 Å². The van der Waals surface area contributed by atoms with Gasteiger partial charge in [-0.05, 0) is 19.4 Å². The number of hydrogen-bond donors (Lipinski definition) is 2. The molecule has 0 aromatic heterocycles. The highest BCUT2D eigenvalue weighted by Crippen LogP contribution is 2.30. The van der Waals surface area contributed by atoms with Crippen LogP contribution in [0, 0.1) is 5.92 Å². The Balaban J connectivity index is 1.81. The zero-order valence-corrected chi connectivity index (χ0v) is 5.92. The van der Waals surface area contributed by atoms with Crippen LogP contribution in [0.25, 0.3) is 0 Å². The molecule has 58 valence electrons. The first-order valence-electron chi connectivity index (χ1n) is 3.92. The molecule has 2 N–H and O–H groups in total. The third-order valence-electron chi connectivity index (χ3n) is 2.30. The van der Waals surface area contributed by atoms with Gasteiger partial charge in [-0.1, -0.05) is 0 Å². The largest absolute Gasteiger partial charge is 0.366 e. The van der Waals surface area contributed by atoms with Crippen molar-refractivity contribution in [2.24, 2.45) is 5.92 Å². The molecule has 2 rings (SSSR count). The molecule has 2 saturated heterocycles. The summed E-state index contributed by atoms with van der Waals surface area (Å²) in [6.45, 7) is 2.14. The first kappa shape index (κ1) is 6.58. The molecule has 0 spiro atoms. The highest BCUT2D eigenvalue weighted by Gasteiger charge is 2.43. The molecule has 2 heterocycles. The molecule has 2 fully saturated rings. The molecule has 0 aromatic carbocycles. The fraction of sp³-hybridized carbons (Fsp3) is 1.00. The summed E-state index contributed by atoms with van der Waals surface area (Å²) in [6.07, 6.45) is 2.11. The van der Waals surface area contributed by atoms with Gasteiger partial charge in [0.15, 0.2) is 6.29 Å². The van der Waals surface area contributed by atoms with Crippen molar-refractivity contribution in [1.29, 1.82) is 0 Å². The van der Waals surface area contributed by atoms with Crippen LogP contribution in [0.5, 0.6) is 0 Å². The molecule has 2 aliphatic rings. The SMILES string of the molecule is OC1OC1C1CCCNC1. The monoisotopic (exact) mass is 143 g/mol. The lowest BCUT2D eigenvalue weighted by molar-refractivity contribution is 0.155. The third kappa shape index (κ3) is 1.17. The molecular weight excluding hydrogens is 130 g/mol. The van der Waals surface area contributed by atoms with Gasteiger partial charge < -0.3 is 15.2 Å². The number of hydrogen-bond acceptors (Lipinski definition) is 3. The van der Waals surface area contributed by atoms with Gasteiger partial charge in [0, 0.05) is 12.5 Å². The molecule has 3 heteroatoms. The summed E-state index contributed by atoms with van der Waals surface area (Å²) in [5, 5.41) is 12.2. The van der Waals surface area contributed by atoms with Crippen LogP contribution in [-0.2, 0) is 4.74 Å². The van der Waals surface area contributed by atoms with Crippen molar-refractivity contribution >= 4 is 0 Å². The Morgan fingerprint density at radius 2 is 2.30 bits per heavy atom. The van der Waals surface area contributed by atoms with Gasteiger partial charge in [0.2, 0.25) is 0 Å². The molecule has 0 bridgehead atoms. The summed E-state index contributed by atoms with van der Waals surface area (Å²) >= 11 is 0. The Morgan fingerprint density at radius 3 is 2.80 bits per heavy atom. The van der Waals surface area contributed by atoms with E-state index in [4.69, 9.17) is 9.84 Å². The van der Waals surface area contributed by atoms with E-state index in [1.165, 1.54) is 12.8 Å². The summed E-state index contributed by atoms with van der Waals surface area (Å²) in [6, 6.07) is 0. The van der Waals surface area contributed by atoms with Gasteiger partial charge in [-0.25, -0.2) is 0 Å². The first-order valence-corrected chi connectivity index (χ1v) is 3.92. The van der Waals surface area contributed by atoms with Crippen molar-refractivity contribution in [3.63, 3.8) is 0 Å². The highest BCUT2D eigenvalue weighted by atomic mass is 16.7. The maximum absolute atomic E-state index is 8.93. The number of rotatable bonds is 1. The van der Waals surface area contributed by atoms with Gasteiger partial charge in [-0.3, -0.25) is 0 Å². The summed E-state index contributed by atoms with van der Waals surface area (Å²) < 4.78 is 4.97. The van der Waals surface area contributed by atoms with E-state index in [9.17, 15) is 0 Å². The molecule has 0 saturated carbocycles. The molecule has 0 radical (unpaired) electrons. The predicted octanol–water partition coefficient (Wildman–Crippen LogP) is -0.297. The normalized spacial score (nSPS) is 47.1. The second kappa shape index (κ2) is 2.49. The highest BCUT2D eigenvalue weighted by molar-refractivity contribution is 4.86. The molecule has 3 atom stereocenters. The number of epoxide rings is 1. The molecule has 10 heavy (non-hydrogen) atoms. The number of aliphatic hydroxyl groups excluding tert-OH is 1. The van der Waals surface area contributed by atoms with Crippen molar-refractivity contribution < 1.29 is 9.84 Å². The van der Waals surface area contributed by atoms with Crippen LogP contribution in [0.4, 0.5) is 0 Å². The van der Waals surface area contributed by atoms with E-state index in [0.29, 0.717) is 5.92 Å². The summed E-state index contributed by atoms with van der Waals surface area (Å²) in [7, 11) is 0. The Morgan fingerprint density at radius 1 is 1.50 bits per heavy atom. The Hall–Kier alpha value is -0.120. The molecule has 0 amide bonds. The number of piperidine rings is 1. The maximum Gasteiger partial charge on any atom is 0.182 e. The minimum Gasteiger partial charge on any atom is -0.366 e. The predicted molar refractivity (Wildman–Crippen MR) is 36.5 cm³/mol. The average molecular weight is 143 g/mol. The van der Waals surface area contributed by atoms with Gasteiger partial charge in [0.25, 0.3) is 0 Å². The van der Waals surface area contributed by atoms with Gasteiger partial charge in [0.05, 0.1) is 0 Å². The number of ether oxygens (including phenoxy) is 1. The molecule has 3 unspecified atom stereocenters. The van der Waals surface area contributed by atoms with Crippen molar-refractivity contribution in [2.75, 3.05) is 13.1 Å². The minimum absolute atomic E-state index is 0.146.